The smallest absolute Gasteiger partial charge is 0.416 e. The molecule has 0 unspecified atom stereocenters. The number of primary amides is 1. The molecule has 0 bridgehead atoms. The number of carbonyl (C=O) groups excluding carboxylic acids is 1. The summed E-state index contributed by atoms with van der Waals surface area (Å²) in [5, 5.41) is 19.1. The fraction of sp³-hybridized carbons (Fsp3) is 0.320. The SMILES string of the molecule is CCN(CC)Cc1cc(C(F)(F)F)ccc1Oc1ccc(-c2nc(C(N)=O)cc([C@H](O)CO)n2)cc1. The van der Waals surface area contributed by atoms with Gasteiger partial charge in [-0.2, -0.15) is 13.2 Å². The maximum atomic E-state index is 13.3. The van der Waals surface area contributed by atoms with Gasteiger partial charge in [-0.15, -0.1) is 0 Å². The number of benzene rings is 2. The molecule has 0 fully saturated rings. The highest BCUT2D eigenvalue weighted by Crippen LogP contribution is 2.35. The van der Waals surface area contributed by atoms with E-state index in [1.54, 1.807) is 24.3 Å². The third-order valence-electron chi connectivity index (χ3n) is 5.53. The van der Waals surface area contributed by atoms with Gasteiger partial charge in [0.2, 0.25) is 0 Å². The van der Waals surface area contributed by atoms with Crippen LogP contribution in [0.2, 0.25) is 0 Å². The molecule has 3 aromatic rings. The highest BCUT2D eigenvalue weighted by Gasteiger charge is 2.31. The number of hydrogen-bond acceptors (Lipinski definition) is 7. The first-order chi connectivity index (χ1) is 17.0. The Labute approximate surface area is 206 Å². The summed E-state index contributed by atoms with van der Waals surface area (Å²) in [4.78, 5) is 21.9. The fourth-order valence-corrected chi connectivity index (χ4v) is 3.45. The van der Waals surface area contributed by atoms with Gasteiger partial charge in [-0.1, -0.05) is 13.8 Å². The summed E-state index contributed by atoms with van der Waals surface area (Å²) >= 11 is 0. The van der Waals surface area contributed by atoms with E-state index in [4.69, 9.17) is 10.5 Å². The molecule has 0 aliphatic rings. The standard InChI is InChI=1S/C25H27F3N4O4/c1-3-32(4-2)13-16-11-17(25(26,27)28)7-10-22(16)36-18-8-5-15(6-9-18)24-30-19(21(34)14-33)12-20(31-24)23(29)35/h5-12,21,33-34H,3-4,13-14H2,1-2H3,(H2,29,35)/t21-/m1/s1. The molecule has 11 heteroatoms. The lowest BCUT2D eigenvalue weighted by molar-refractivity contribution is -0.137. The molecule has 192 valence electrons. The van der Waals surface area contributed by atoms with Crippen LogP contribution >= 0.6 is 0 Å². The van der Waals surface area contributed by atoms with Gasteiger partial charge in [0, 0.05) is 17.7 Å². The Morgan fingerprint density at radius 2 is 1.75 bits per heavy atom. The molecule has 36 heavy (non-hydrogen) atoms. The van der Waals surface area contributed by atoms with E-state index in [2.05, 4.69) is 9.97 Å². The Kier molecular flexibility index (Phi) is 8.62. The lowest BCUT2D eigenvalue weighted by Crippen LogP contribution is -2.22. The molecule has 3 rings (SSSR count). The van der Waals surface area contributed by atoms with E-state index in [-0.39, 0.29) is 23.8 Å². The average Bonchev–Trinajstić information content (AvgIpc) is 2.87. The minimum absolute atomic E-state index is 0.0300. The van der Waals surface area contributed by atoms with Crippen LogP contribution in [-0.4, -0.2) is 50.7 Å². The average molecular weight is 505 g/mol. The van der Waals surface area contributed by atoms with E-state index >= 15 is 0 Å². The molecule has 1 amide bonds. The third kappa shape index (κ3) is 6.56. The Bertz CT molecular complexity index is 1200. The molecule has 4 N–H and O–H groups in total. The minimum atomic E-state index is -4.47. The van der Waals surface area contributed by atoms with Crippen molar-refractivity contribution in [1.82, 2.24) is 14.9 Å². The molecule has 0 aliphatic carbocycles. The number of rotatable bonds is 10. The van der Waals surface area contributed by atoms with Crippen molar-refractivity contribution in [3.05, 3.63) is 71.0 Å². The summed E-state index contributed by atoms with van der Waals surface area (Å²) in [5.74, 6) is -0.0749. The van der Waals surface area contributed by atoms with E-state index in [0.29, 0.717) is 35.7 Å². The largest absolute Gasteiger partial charge is 0.457 e. The number of alkyl halides is 3. The molecular formula is C25H27F3N4O4. The molecule has 1 heterocycles. The number of carbonyl (C=O) groups is 1. The van der Waals surface area contributed by atoms with E-state index in [1.165, 1.54) is 12.1 Å². The predicted octanol–water partition coefficient (Wildman–Crippen LogP) is 3.92. The lowest BCUT2D eigenvalue weighted by Gasteiger charge is -2.21. The molecule has 0 spiro atoms. The minimum Gasteiger partial charge on any atom is -0.457 e. The highest BCUT2D eigenvalue weighted by atomic mass is 19.4. The number of aromatic nitrogens is 2. The van der Waals surface area contributed by atoms with E-state index in [1.807, 2.05) is 18.7 Å². The van der Waals surface area contributed by atoms with Crippen LogP contribution in [-0.2, 0) is 12.7 Å². The summed E-state index contributed by atoms with van der Waals surface area (Å²) in [5.41, 5.74) is 5.34. The second-order valence-electron chi connectivity index (χ2n) is 7.97. The van der Waals surface area contributed by atoms with Crippen LogP contribution in [0.5, 0.6) is 11.5 Å². The van der Waals surface area contributed by atoms with Gasteiger partial charge >= 0.3 is 6.18 Å². The van der Waals surface area contributed by atoms with Crippen LogP contribution < -0.4 is 10.5 Å². The van der Waals surface area contributed by atoms with Crippen LogP contribution in [0.15, 0.2) is 48.5 Å². The van der Waals surface area contributed by atoms with Crippen molar-refractivity contribution in [1.29, 1.82) is 0 Å². The fourth-order valence-electron chi connectivity index (χ4n) is 3.45. The maximum Gasteiger partial charge on any atom is 0.416 e. The number of nitrogens with two attached hydrogens (primary N) is 1. The molecule has 0 aliphatic heterocycles. The zero-order valence-corrected chi connectivity index (χ0v) is 19.8. The van der Waals surface area contributed by atoms with Crippen molar-refractivity contribution >= 4 is 5.91 Å². The zero-order valence-electron chi connectivity index (χ0n) is 19.8. The molecule has 1 aromatic heterocycles. The van der Waals surface area contributed by atoms with Gasteiger partial charge in [0.25, 0.3) is 5.91 Å². The number of ether oxygens (including phenoxy) is 1. The van der Waals surface area contributed by atoms with E-state index < -0.39 is 30.4 Å². The van der Waals surface area contributed by atoms with Gasteiger partial charge in [-0.3, -0.25) is 9.69 Å². The second-order valence-corrected chi connectivity index (χ2v) is 7.97. The van der Waals surface area contributed by atoms with E-state index in [0.717, 1.165) is 12.1 Å². The molecule has 8 nitrogen and oxygen atoms in total. The van der Waals surface area contributed by atoms with Crippen molar-refractivity contribution in [3.63, 3.8) is 0 Å². The van der Waals surface area contributed by atoms with Gasteiger partial charge in [-0.25, -0.2) is 9.97 Å². The summed E-state index contributed by atoms with van der Waals surface area (Å²) in [6.45, 7) is 4.86. The highest BCUT2D eigenvalue weighted by molar-refractivity contribution is 5.91. The number of aliphatic hydroxyl groups excluding tert-OH is 2. The van der Waals surface area contributed by atoms with Gasteiger partial charge in [0.05, 0.1) is 17.9 Å². The summed E-state index contributed by atoms with van der Waals surface area (Å²) in [7, 11) is 0. The Morgan fingerprint density at radius 1 is 1.08 bits per heavy atom. The quantitative estimate of drug-likeness (QED) is 0.383. The molecule has 2 aromatic carbocycles. The van der Waals surface area contributed by atoms with Crippen LogP contribution in [0.25, 0.3) is 11.4 Å². The number of nitrogens with zero attached hydrogens (tertiary/aromatic N) is 3. The van der Waals surface area contributed by atoms with Gasteiger partial charge in [0.15, 0.2) is 5.82 Å². The third-order valence-corrected chi connectivity index (χ3v) is 5.53. The first-order valence-electron chi connectivity index (χ1n) is 11.2. The Hall–Kier alpha value is -3.54. The monoisotopic (exact) mass is 504 g/mol. The Morgan fingerprint density at radius 3 is 2.31 bits per heavy atom. The molecule has 1 atom stereocenters. The van der Waals surface area contributed by atoms with Crippen molar-refractivity contribution < 1.29 is 32.9 Å². The Balaban J connectivity index is 1.92. The summed E-state index contributed by atoms with van der Waals surface area (Å²) in [6.07, 6.45) is -5.79. The van der Waals surface area contributed by atoms with Crippen LogP contribution in [0.3, 0.4) is 0 Å². The van der Waals surface area contributed by atoms with Gasteiger partial charge in [-0.05, 0) is 61.6 Å². The number of amides is 1. The molecule has 0 saturated carbocycles. The first-order valence-corrected chi connectivity index (χ1v) is 11.2. The summed E-state index contributed by atoms with van der Waals surface area (Å²) < 4.78 is 45.8. The number of aliphatic hydroxyl groups is 2. The van der Waals surface area contributed by atoms with Crippen molar-refractivity contribution in [2.24, 2.45) is 5.73 Å². The molecule has 0 radical (unpaired) electrons. The molecular weight excluding hydrogens is 477 g/mol. The van der Waals surface area contributed by atoms with Crippen molar-refractivity contribution in [3.8, 4) is 22.9 Å². The van der Waals surface area contributed by atoms with Crippen LogP contribution in [0, 0.1) is 0 Å². The van der Waals surface area contributed by atoms with E-state index in [9.17, 15) is 28.2 Å². The van der Waals surface area contributed by atoms with Gasteiger partial charge < -0.3 is 20.7 Å². The zero-order chi connectivity index (χ0) is 26.5. The molecule has 0 saturated heterocycles. The lowest BCUT2D eigenvalue weighted by atomic mass is 10.1. The van der Waals surface area contributed by atoms with Crippen molar-refractivity contribution in [2.45, 2.75) is 32.7 Å². The summed E-state index contributed by atoms with van der Waals surface area (Å²) in [6, 6.07) is 10.9. The van der Waals surface area contributed by atoms with Crippen molar-refractivity contribution in [2.75, 3.05) is 19.7 Å². The second kappa shape index (κ2) is 11.5. The van der Waals surface area contributed by atoms with Gasteiger partial charge in [0.1, 0.15) is 23.3 Å². The maximum absolute atomic E-state index is 13.3. The number of hydrogen-bond donors (Lipinski definition) is 3. The predicted molar refractivity (Wildman–Crippen MR) is 126 cm³/mol. The topological polar surface area (TPSA) is 122 Å². The number of halogens is 3. The van der Waals surface area contributed by atoms with Crippen LogP contribution in [0.1, 0.15) is 47.3 Å². The normalized spacial score (nSPS) is 12.6. The van der Waals surface area contributed by atoms with Crippen LogP contribution in [0.4, 0.5) is 13.2 Å². The first kappa shape index (κ1) is 27.1.